The molecule has 7 heteroatoms. The molecule has 4 rings (SSSR count). The van der Waals surface area contributed by atoms with Gasteiger partial charge in [-0.15, -0.1) is 0 Å². The molecular formula is C19H16ClN3O3. The number of carbonyl (C=O) groups is 1. The predicted molar refractivity (Wildman–Crippen MR) is 98.3 cm³/mol. The lowest BCUT2D eigenvalue weighted by molar-refractivity contribution is -0.125. The van der Waals surface area contributed by atoms with Gasteiger partial charge in [-0.2, -0.15) is 0 Å². The number of fused-ring (bicyclic) bond motifs is 2. The molecule has 0 spiro atoms. The second-order valence-electron chi connectivity index (χ2n) is 5.93. The second kappa shape index (κ2) is 6.72. The third kappa shape index (κ3) is 3.11. The van der Waals surface area contributed by atoms with Crippen LogP contribution < -0.4 is 9.47 Å². The molecule has 1 aliphatic heterocycles. The Bertz CT molecular complexity index is 1010. The first-order valence-corrected chi connectivity index (χ1v) is 8.44. The lowest BCUT2D eigenvalue weighted by Crippen LogP contribution is -2.24. The standard InChI is InChI=1S/C19H16ClN3O3/c1-22(11-13-5-7-15-16(10-13)26-12-25-15)18(24)8-6-14-19(20)21-17-4-2-3-9-23(14)17/h2-10H,11-12H2,1H3/b8-6+. The van der Waals surface area contributed by atoms with Gasteiger partial charge in [0.25, 0.3) is 0 Å². The molecule has 0 N–H and O–H groups in total. The number of halogens is 1. The Morgan fingerprint density at radius 2 is 2.15 bits per heavy atom. The molecule has 1 aliphatic rings. The maximum Gasteiger partial charge on any atom is 0.246 e. The summed E-state index contributed by atoms with van der Waals surface area (Å²) in [4.78, 5) is 18.3. The van der Waals surface area contributed by atoms with Crippen LogP contribution in [0.25, 0.3) is 11.7 Å². The summed E-state index contributed by atoms with van der Waals surface area (Å²) in [7, 11) is 1.74. The van der Waals surface area contributed by atoms with Crippen molar-refractivity contribution >= 4 is 29.2 Å². The number of ether oxygens (including phenoxy) is 2. The van der Waals surface area contributed by atoms with Crippen molar-refractivity contribution in [3.63, 3.8) is 0 Å². The van der Waals surface area contributed by atoms with Crippen LogP contribution in [0, 0.1) is 0 Å². The normalized spacial score (nSPS) is 12.8. The van der Waals surface area contributed by atoms with E-state index >= 15 is 0 Å². The van der Waals surface area contributed by atoms with Crippen molar-refractivity contribution in [1.82, 2.24) is 14.3 Å². The average molecular weight is 370 g/mol. The molecule has 0 saturated heterocycles. The van der Waals surface area contributed by atoms with Crippen molar-refractivity contribution in [2.75, 3.05) is 13.8 Å². The molecule has 132 valence electrons. The van der Waals surface area contributed by atoms with E-state index in [-0.39, 0.29) is 12.7 Å². The number of rotatable bonds is 4. The first kappa shape index (κ1) is 16.5. The van der Waals surface area contributed by atoms with Crippen molar-refractivity contribution < 1.29 is 14.3 Å². The summed E-state index contributed by atoms with van der Waals surface area (Å²) in [5.41, 5.74) is 2.37. The highest BCUT2D eigenvalue weighted by atomic mass is 35.5. The van der Waals surface area contributed by atoms with Gasteiger partial charge in [0.05, 0.1) is 5.69 Å². The van der Waals surface area contributed by atoms with Crippen LogP contribution >= 0.6 is 11.6 Å². The molecule has 26 heavy (non-hydrogen) atoms. The summed E-state index contributed by atoms with van der Waals surface area (Å²) in [6, 6.07) is 11.3. The van der Waals surface area contributed by atoms with Crippen molar-refractivity contribution in [3.8, 4) is 11.5 Å². The number of likely N-dealkylation sites (N-methyl/N-ethyl adjacent to an activating group) is 1. The molecule has 0 radical (unpaired) electrons. The van der Waals surface area contributed by atoms with Gasteiger partial charge in [-0.3, -0.25) is 9.20 Å². The van der Waals surface area contributed by atoms with E-state index in [2.05, 4.69) is 4.98 Å². The zero-order valence-corrected chi connectivity index (χ0v) is 14.8. The van der Waals surface area contributed by atoms with Crippen LogP contribution in [0.2, 0.25) is 5.15 Å². The van der Waals surface area contributed by atoms with Gasteiger partial charge < -0.3 is 14.4 Å². The molecule has 0 saturated carbocycles. The number of carbonyl (C=O) groups excluding carboxylic acids is 1. The van der Waals surface area contributed by atoms with Crippen LogP contribution in [0.15, 0.2) is 48.7 Å². The Balaban J connectivity index is 1.48. The minimum atomic E-state index is -0.135. The fourth-order valence-electron chi connectivity index (χ4n) is 2.80. The van der Waals surface area contributed by atoms with Crippen LogP contribution in [0.1, 0.15) is 11.3 Å². The van der Waals surface area contributed by atoms with Gasteiger partial charge in [0.2, 0.25) is 12.7 Å². The molecule has 1 amide bonds. The Morgan fingerprint density at radius 3 is 3.04 bits per heavy atom. The van der Waals surface area contributed by atoms with Crippen LogP contribution in [0.5, 0.6) is 11.5 Å². The van der Waals surface area contributed by atoms with E-state index in [1.54, 1.807) is 18.0 Å². The number of imidazole rings is 1. The minimum Gasteiger partial charge on any atom is -0.454 e. The molecule has 3 heterocycles. The zero-order chi connectivity index (χ0) is 18.1. The van der Waals surface area contributed by atoms with Crippen molar-refractivity contribution in [2.24, 2.45) is 0 Å². The maximum atomic E-state index is 12.4. The quantitative estimate of drug-likeness (QED) is 0.661. The van der Waals surface area contributed by atoms with Crippen LogP contribution in [-0.2, 0) is 11.3 Å². The molecule has 0 aliphatic carbocycles. The molecular weight excluding hydrogens is 354 g/mol. The molecule has 0 atom stereocenters. The number of amides is 1. The fraction of sp³-hybridized carbons (Fsp3) is 0.158. The minimum absolute atomic E-state index is 0.135. The van der Waals surface area contributed by atoms with E-state index in [0.29, 0.717) is 23.1 Å². The van der Waals surface area contributed by atoms with Gasteiger partial charge >= 0.3 is 0 Å². The van der Waals surface area contributed by atoms with Gasteiger partial charge in [-0.05, 0) is 35.9 Å². The van der Waals surface area contributed by atoms with Crippen LogP contribution in [-0.4, -0.2) is 34.0 Å². The predicted octanol–water partition coefficient (Wildman–Crippen LogP) is 3.39. The summed E-state index contributed by atoms with van der Waals surface area (Å²) >= 11 is 6.18. The first-order valence-electron chi connectivity index (χ1n) is 8.06. The molecule has 1 aromatic carbocycles. The van der Waals surface area contributed by atoms with E-state index in [9.17, 15) is 4.79 Å². The summed E-state index contributed by atoms with van der Waals surface area (Å²) in [5, 5.41) is 0.360. The smallest absolute Gasteiger partial charge is 0.246 e. The summed E-state index contributed by atoms with van der Waals surface area (Å²) in [6.07, 6.45) is 5.03. The Labute approximate surface area is 155 Å². The fourth-order valence-corrected chi connectivity index (χ4v) is 3.04. The van der Waals surface area contributed by atoms with Crippen molar-refractivity contribution in [3.05, 3.63) is 65.1 Å². The molecule has 0 fully saturated rings. The monoisotopic (exact) mass is 369 g/mol. The highest BCUT2D eigenvalue weighted by molar-refractivity contribution is 6.31. The highest BCUT2D eigenvalue weighted by Crippen LogP contribution is 2.32. The van der Waals surface area contributed by atoms with Gasteiger partial charge in [-0.25, -0.2) is 4.98 Å². The third-order valence-electron chi connectivity index (χ3n) is 4.14. The number of hydrogen-bond donors (Lipinski definition) is 0. The number of nitrogens with zero attached hydrogens (tertiary/aromatic N) is 3. The number of hydrogen-bond acceptors (Lipinski definition) is 4. The second-order valence-corrected chi connectivity index (χ2v) is 6.29. The number of benzene rings is 1. The van der Waals surface area contributed by atoms with Gasteiger partial charge in [0, 0.05) is 25.9 Å². The molecule has 0 bridgehead atoms. The lowest BCUT2D eigenvalue weighted by atomic mass is 10.2. The zero-order valence-electron chi connectivity index (χ0n) is 14.1. The number of aromatic nitrogens is 2. The SMILES string of the molecule is CN(Cc1ccc2c(c1)OCO2)C(=O)/C=C/c1c(Cl)nc2ccccn12. The lowest BCUT2D eigenvalue weighted by Gasteiger charge is -2.15. The van der Waals surface area contributed by atoms with E-state index in [0.717, 1.165) is 17.0 Å². The average Bonchev–Trinajstić information content (AvgIpc) is 3.22. The largest absolute Gasteiger partial charge is 0.454 e. The number of pyridine rings is 1. The van der Waals surface area contributed by atoms with E-state index in [1.165, 1.54) is 6.08 Å². The van der Waals surface area contributed by atoms with Gasteiger partial charge in [0.1, 0.15) is 5.65 Å². The third-order valence-corrected chi connectivity index (χ3v) is 4.42. The summed E-state index contributed by atoms with van der Waals surface area (Å²) < 4.78 is 12.5. The van der Waals surface area contributed by atoms with Crippen LogP contribution in [0.4, 0.5) is 0 Å². The van der Waals surface area contributed by atoms with Gasteiger partial charge in [0.15, 0.2) is 16.7 Å². The topological polar surface area (TPSA) is 56.1 Å². The maximum absolute atomic E-state index is 12.4. The Morgan fingerprint density at radius 1 is 1.31 bits per heavy atom. The Hall–Kier alpha value is -2.99. The van der Waals surface area contributed by atoms with E-state index in [1.807, 2.05) is 47.0 Å². The van der Waals surface area contributed by atoms with E-state index < -0.39 is 0 Å². The molecule has 3 aromatic rings. The van der Waals surface area contributed by atoms with Crippen molar-refractivity contribution in [1.29, 1.82) is 0 Å². The molecule has 2 aromatic heterocycles. The molecule has 0 unspecified atom stereocenters. The van der Waals surface area contributed by atoms with Crippen molar-refractivity contribution in [2.45, 2.75) is 6.54 Å². The van der Waals surface area contributed by atoms with Gasteiger partial charge in [-0.1, -0.05) is 23.7 Å². The summed E-state index contributed by atoms with van der Waals surface area (Å²) in [5.74, 6) is 1.30. The van der Waals surface area contributed by atoms with Crippen LogP contribution in [0.3, 0.4) is 0 Å². The highest BCUT2D eigenvalue weighted by Gasteiger charge is 2.15. The molecule has 6 nitrogen and oxygen atoms in total. The first-order chi connectivity index (χ1) is 12.6. The van der Waals surface area contributed by atoms with E-state index in [4.69, 9.17) is 21.1 Å². The summed E-state index contributed by atoms with van der Waals surface area (Å²) in [6.45, 7) is 0.692. The Kier molecular flexibility index (Phi) is 4.26.